The Labute approximate surface area is 92.5 Å². The molecule has 0 atom stereocenters. The van der Waals surface area contributed by atoms with E-state index in [1.165, 1.54) is 12.1 Å². The quantitative estimate of drug-likeness (QED) is 0.584. The van der Waals surface area contributed by atoms with Crippen LogP contribution in [0.15, 0.2) is 36.8 Å². The third kappa shape index (κ3) is 2.25. The maximum absolute atomic E-state index is 10.5. The molecule has 2 aromatic rings. The average Bonchev–Trinajstić information content (AvgIpc) is 2.65. The van der Waals surface area contributed by atoms with Crippen LogP contribution in [0.4, 0.5) is 5.69 Å². The molecular weight excluding hydrogens is 206 g/mol. The molecule has 0 unspecified atom stereocenters. The molecule has 0 N–H and O–H groups in total. The van der Waals surface area contributed by atoms with Crippen molar-refractivity contribution in [3.63, 3.8) is 0 Å². The molecule has 0 fully saturated rings. The predicted octanol–water partition coefficient (Wildman–Crippen LogP) is 2.15. The maximum atomic E-state index is 10.5. The van der Waals surface area contributed by atoms with Gasteiger partial charge in [0.2, 0.25) is 0 Å². The summed E-state index contributed by atoms with van der Waals surface area (Å²) in [5.74, 6) is 0. The van der Waals surface area contributed by atoms with Crippen molar-refractivity contribution >= 4 is 5.69 Å². The van der Waals surface area contributed by atoms with E-state index in [-0.39, 0.29) is 5.69 Å². The second-order valence-corrected chi connectivity index (χ2v) is 3.61. The molecule has 0 radical (unpaired) electrons. The molecule has 1 aromatic carbocycles. The van der Waals surface area contributed by atoms with Gasteiger partial charge >= 0.3 is 0 Å². The monoisotopic (exact) mass is 217 g/mol. The van der Waals surface area contributed by atoms with Crippen LogP contribution in [-0.2, 0) is 6.54 Å². The van der Waals surface area contributed by atoms with E-state index >= 15 is 0 Å². The zero-order valence-corrected chi connectivity index (χ0v) is 8.83. The number of hydrogen-bond donors (Lipinski definition) is 0. The van der Waals surface area contributed by atoms with E-state index in [1.54, 1.807) is 18.5 Å². The molecule has 0 aliphatic carbocycles. The minimum absolute atomic E-state index is 0.116. The lowest BCUT2D eigenvalue weighted by Crippen LogP contribution is -1.96. The number of aryl methyl sites for hydroxylation is 1. The van der Waals surface area contributed by atoms with Crippen LogP contribution in [0.5, 0.6) is 0 Å². The highest BCUT2D eigenvalue weighted by Crippen LogP contribution is 2.12. The SMILES string of the molecule is Cc1cn(Cc2ccc([N+](=O)[O-])cc2)cn1. The Morgan fingerprint density at radius 1 is 1.38 bits per heavy atom. The number of imidazole rings is 1. The second-order valence-electron chi connectivity index (χ2n) is 3.61. The molecule has 0 saturated heterocycles. The maximum Gasteiger partial charge on any atom is 0.269 e. The fraction of sp³-hybridized carbons (Fsp3) is 0.182. The summed E-state index contributed by atoms with van der Waals surface area (Å²) in [7, 11) is 0. The summed E-state index contributed by atoms with van der Waals surface area (Å²) in [5, 5.41) is 10.5. The molecule has 0 amide bonds. The first-order valence-electron chi connectivity index (χ1n) is 4.87. The molecule has 1 heterocycles. The van der Waals surface area contributed by atoms with Crippen molar-refractivity contribution in [2.24, 2.45) is 0 Å². The van der Waals surface area contributed by atoms with Gasteiger partial charge in [-0.05, 0) is 12.5 Å². The molecule has 0 bridgehead atoms. The lowest BCUT2D eigenvalue weighted by molar-refractivity contribution is -0.384. The van der Waals surface area contributed by atoms with Crippen molar-refractivity contribution in [2.45, 2.75) is 13.5 Å². The van der Waals surface area contributed by atoms with Crippen molar-refractivity contribution in [2.75, 3.05) is 0 Å². The van der Waals surface area contributed by atoms with Crippen molar-refractivity contribution in [1.82, 2.24) is 9.55 Å². The number of nitro benzene ring substituents is 1. The Hall–Kier alpha value is -2.17. The number of rotatable bonds is 3. The number of aromatic nitrogens is 2. The Morgan fingerprint density at radius 2 is 2.06 bits per heavy atom. The number of nitro groups is 1. The van der Waals surface area contributed by atoms with Crippen LogP contribution in [0.3, 0.4) is 0 Å². The standard InChI is InChI=1S/C11H11N3O2/c1-9-6-13(8-12-9)7-10-2-4-11(5-3-10)14(15)16/h2-6,8H,7H2,1H3. The number of hydrogen-bond acceptors (Lipinski definition) is 3. The highest BCUT2D eigenvalue weighted by atomic mass is 16.6. The van der Waals surface area contributed by atoms with Gasteiger partial charge in [-0.25, -0.2) is 4.98 Å². The summed E-state index contributed by atoms with van der Waals surface area (Å²) < 4.78 is 1.94. The van der Waals surface area contributed by atoms with Crippen LogP contribution in [-0.4, -0.2) is 14.5 Å². The van der Waals surface area contributed by atoms with E-state index in [0.717, 1.165) is 11.3 Å². The Kier molecular flexibility index (Phi) is 2.68. The van der Waals surface area contributed by atoms with Crippen molar-refractivity contribution in [1.29, 1.82) is 0 Å². The molecule has 0 aliphatic rings. The van der Waals surface area contributed by atoms with Crippen LogP contribution in [0.25, 0.3) is 0 Å². The molecule has 82 valence electrons. The van der Waals surface area contributed by atoms with Crippen LogP contribution >= 0.6 is 0 Å². The number of benzene rings is 1. The molecule has 16 heavy (non-hydrogen) atoms. The van der Waals surface area contributed by atoms with Crippen molar-refractivity contribution < 1.29 is 4.92 Å². The third-order valence-electron chi connectivity index (χ3n) is 2.27. The smallest absolute Gasteiger partial charge is 0.269 e. The fourth-order valence-electron chi connectivity index (χ4n) is 1.49. The van der Waals surface area contributed by atoms with Gasteiger partial charge in [0.05, 0.1) is 16.9 Å². The highest BCUT2D eigenvalue weighted by molar-refractivity contribution is 5.32. The van der Waals surface area contributed by atoms with E-state index in [4.69, 9.17) is 0 Å². The minimum Gasteiger partial charge on any atom is -0.333 e. The van der Waals surface area contributed by atoms with Gasteiger partial charge in [-0.15, -0.1) is 0 Å². The molecule has 2 rings (SSSR count). The fourth-order valence-corrected chi connectivity index (χ4v) is 1.49. The van der Waals surface area contributed by atoms with E-state index in [1.807, 2.05) is 17.7 Å². The zero-order valence-electron chi connectivity index (χ0n) is 8.83. The molecule has 0 saturated carbocycles. The molecular formula is C11H11N3O2. The minimum atomic E-state index is -0.398. The summed E-state index contributed by atoms with van der Waals surface area (Å²) >= 11 is 0. The largest absolute Gasteiger partial charge is 0.333 e. The van der Waals surface area contributed by atoms with Crippen LogP contribution in [0, 0.1) is 17.0 Å². The van der Waals surface area contributed by atoms with E-state index in [2.05, 4.69) is 4.98 Å². The number of non-ortho nitro benzene ring substituents is 1. The van der Waals surface area contributed by atoms with Gasteiger partial charge in [-0.2, -0.15) is 0 Å². The summed E-state index contributed by atoms with van der Waals surface area (Å²) in [5.41, 5.74) is 2.09. The van der Waals surface area contributed by atoms with Gasteiger partial charge in [0.15, 0.2) is 0 Å². The first-order valence-corrected chi connectivity index (χ1v) is 4.87. The van der Waals surface area contributed by atoms with Crippen LogP contribution in [0.2, 0.25) is 0 Å². The van der Waals surface area contributed by atoms with Crippen LogP contribution in [0.1, 0.15) is 11.3 Å². The Bertz CT molecular complexity index is 502. The second kappa shape index (κ2) is 4.14. The topological polar surface area (TPSA) is 61.0 Å². The van der Waals surface area contributed by atoms with Gasteiger partial charge in [0.1, 0.15) is 0 Å². The van der Waals surface area contributed by atoms with Gasteiger partial charge in [-0.3, -0.25) is 10.1 Å². The van der Waals surface area contributed by atoms with Gasteiger partial charge < -0.3 is 4.57 Å². The average molecular weight is 217 g/mol. The summed E-state index contributed by atoms with van der Waals surface area (Å²) in [6.07, 6.45) is 3.68. The molecule has 1 aromatic heterocycles. The lowest BCUT2D eigenvalue weighted by atomic mass is 10.2. The van der Waals surface area contributed by atoms with Gasteiger partial charge in [-0.1, -0.05) is 12.1 Å². The summed E-state index contributed by atoms with van der Waals surface area (Å²) in [4.78, 5) is 14.2. The first-order chi connectivity index (χ1) is 7.65. The molecule has 0 spiro atoms. The van der Waals surface area contributed by atoms with E-state index in [0.29, 0.717) is 6.54 Å². The highest BCUT2D eigenvalue weighted by Gasteiger charge is 2.04. The van der Waals surface area contributed by atoms with Gasteiger partial charge in [0, 0.05) is 24.9 Å². The Balaban J connectivity index is 2.14. The number of nitrogens with zero attached hydrogens (tertiary/aromatic N) is 3. The van der Waals surface area contributed by atoms with Gasteiger partial charge in [0.25, 0.3) is 5.69 Å². The van der Waals surface area contributed by atoms with E-state index < -0.39 is 4.92 Å². The summed E-state index contributed by atoms with van der Waals surface area (Å²) in [6, 6.07) is 6.54. The summed E-state index contributed by atoms with van der Waals surface area (Å²) in [6.45, 7) is 2.60. The lowest BCUT2D eigenvalue weighted by Gasteiger charge is -2.01. The molecule has 0 aliphatic heterocycles. The normalized spacial score (nSPS) is 10.3. The predicted molar refractivity (Wildman–Crippen MR) is 59.2 cm³/mol. The molecule has 5 heteroatoms. The Morgan fingerprint density at radius 3 is 2.56 bits per heavy atom. The third-order valence-corrected chi connectivity index (χ3v) is 2.27. The van der Waals surface area contributed by atoms with Crippen molar-refractivity contribution in [3.8, 4) is 0 Å². The zero-order chi connectivity index (χ0) is 11.5. The molecule has 5 nitrogen and oxygen atoms in total. The van der Waals surface area contributed by atoms with Crippen molar-refractivity contribution in [3.05, 3.63) is 58.2 Å². The van der Waals surface area contributed by atoms with Crippen LogP contribution < -0.4 is 0 Å². The first kappa shape index (κ1) is 10.4. The van der Waals surface area contributed by atoms with E-state index in [9.17, 15) is 10.1 Å².